The fourth-order valence-corrected chi connectivity index (χ4v) is 2.05. The first kappa shape index (κ1) is 16.3. The quantitative estimate of drug-likeness (QED) is 0.812. The van der Waals surface area contributed by atoms with Crippen molar-refractivity contribution in [1.82, 2.24) is 0 Å². The third kappa shape index (κ3) is 3.23. The second-order valence-electron chi connectivity index (χ2n) is 4.59. The highest BCUT2D eigenvalue weighted by Crippen LogP contribution is 2.38. The molecule has 0 amide bonds. The summed E-state index contributed by atoms with van der Waals surface area (Å²) in [6.45, 7) is 3.56. The lowest BCUT2D eigenvalue weighted by Crippen LogP contribution is -2.23. The van der Waals surface area contributed by atoms with Crippen LogP contribution in [0.25, 0.3) is 0 Å². The van der Waals surface area contributed by atoms with Gasteiger partial charge in [0.05, 0.1) is 5.56 Å². The first-order chi connectivity index (χ1) is 9.23. The van der Waals surface area contributed by atoms with Crippen LogP contribution in [0.4, 0.5) is 13.2 Å². The normalized spacial score (nSPS) is 11.7. The second-order valence-corrected chi connectivity index (χ2v) is 4.59. The Morgan fingerprint density at radius 3 is 2.10 bits per heavy atom. The Morgan fingerprint density at radius 2 is 1.65 bits per heavy atom. The van der Waals surface area contributed by atoms with Gasteiger partial charge in [-0.3, -0.25) is 4.79 Å². The summed E-state index contributed by atoms with van der Waals surface area (Å²) in [4.78, 5) is 11.3. The zero-order valence-corrected chi connectivity index (χ0v) is 11.3. The van der Waals surface area contributed by atoms with E-state index in [0.717, 1.165) is 6.07 Å². The van der Waals surface area contributed by atoms with Crippen molar-refractivity contribution < 1.29 is 28.2 Å². The predicted octanol–water partition coefficient (Wildman–Crippen LogP) is 3.75. The number of aryl methyl sites for hydroxylation is 1. The minimum Gasteiger partial charge on any atom is -0.507 e. The van der Waals surface area contributed by atoms with Crippen LogP contribution in [0.5, 0.6) is 11.5 Å². The molecule has 1 rings (SSSR count). The third-order valence-electron chi connectivity index (χ3n) is 2.97. The summed E-state index contributed by atoms with van der Waals surface area (Å²) in [5, 5.41) is 19.8. The molecule has 3 nitrogen and oxygen atoms in total. The summed E-state index contributed by atoms with van der Waals surface area (Å²) in [7, 11) is 0. The highest BCUT2D eigenvalue weighted by molar-refractivity contribution is 6.03. The van der Waals surface area contributed by atoms with E-state index >= 15 is 0 Å². The Hall–Kier alpha value is -1.72. The maximum absolute atomic E-state index is 12.5. The lowest BCUT2D eigenvalue weighted by Gasteiger charge is -2.15. The molecule has 112 valence electrons. The highest BCUT2D eigenvalue weighted by atomic mass is 19.4. The highest BCUT2D eigenvalue weighted by Gasteiger charge is 2.41. The predicted molar refractivity (Wildman–Crippen MR) is 68.1 cm³/mol. The smallest absolute Gasteiger partial charge is 0.455 e. The van der Waals surface area contributed by atoms with Crippen LogP contribution in [-0.2, 0) is 12.8 Å². The van der Waals surface area contributed by atoms with Gasteiger partial charge in [-0.1, -0.05) is 26.7 Å². The molecule has 0 heterocycles. The van der Waals surface area contributed by atoms with E-state index in [9.17, 15) is 28.2 Å². The van der Waals surface area contributed by atoms with E-state index in [0.29, 0.717) is 19.3 Å². The summed E-state index contributed by atoms with van der Waals surface area (Å²) in [5.74, 6) is -3.08. The van der Waals surface area contributed by atoms with Crippen LogP contribution in [0.15, 0.2) is 6.07 Å². The summed E-state index contributed by atoms with van der Waals surface area (Å²) >= 11 is 0. The second kappa shape index (κ2) is 6.15. The van der Waals surface area contributed by atoms with Crippen LogP contribution in [0.3, 0.4) is 0 Å². The third-order valence-corrected chi connectivity index (χ3v) is 2.97. The van der Waals surface area contributed by atoms with E-state index in [1.165, 1.54) is 0 Å². The summed E-state index contributed by atoms with van der Waals surface area (Å²) in [6.07, 6.45) is -3.39. The summed E-state index contributed by atoms with van der Waals surface area (Å²) < 4.78 is 37.6. The molecule has 0 radical (unpaired) electrons. The van der Waals surface area contributed by atoms with E-state index in [-0.39, 0.29) is 23.3 Å². The molecular formula is C14H17F3O3. The van der Waals surface area contributed by atoms with Crippen LogP contribution >= 0.6 is 0 Å². The van der Waals surface area contributed by atoms with Gasteiger partial charge in [-0.05, 0) is 24.5 Å². The SMILES string of the molecule is CCCc1cc(C(=O)C(F)(F)F)c(O)c(CCC)c1O. The standard InChI is InChI=1S/C14H17F3O3/c1-3-5-8-7-10(13(20)14(15,16)17)12(19)9(6-4-2)11(8)18/h7,18-19H,3-6H2,1-2H3. The van der Waals surface area contributed by atoms with Crippen molar-refractivity contribution in [3.05, 3.63) is 22.8 Å². The van der Waals surface area contributed by atoms with Crippen LogP contribution in [0.2, 0.25) is 0 Å². The molecule has 0 bridgehead atoms. The zero-order valence-electron chi connectivity index (χ0n) is 11.3. The van der Waals surface area contributed by atoms with Crippen LogP contribution in [0.1, 0.15) is 48.2 Å². The van der Waals surface area contributed by atoms with Crippen molar-refractivity contribution >= 4 is 5.78 Å². The maximum atomic E-state index is 12.5. The maximum Gasteiger partial charge on any atom is 0.455 e. The van der Waals surface area contributed by atoms with Gasteiger partial charge in [-0.25, -0.2) is 0 Å². The number of hydrogen-bond donors (Lipinski definition) is 2. The molecule has 0 fully saturated rings. The molecule has 1 aromatic carbocycles. The zero-order chi connectivity index (χ0) is 15.5. The number of halogens is 3. The van der Waals surface area contributed by atoms with Crippen molar-refractivity contribution in [3.8, 4) is 11.5 Å². The van der Waals surface area contributed by atoms with Crippen molar-refractivity contribution in [3.63, 3.8) is 0 Å². The number of benzene rings is 1. The van der Waals surface area contributed by atoms with Gasteiger partial charge in [0.2, 0.25) is 0 Å². The number of rotatable bonds is 5. The molecule has 0 aliphatic heterocycles. The Morgan fingerprint density at radius 1 is 1.10 bits per heavy atom. The minimum absolute atomic E-state index is 0.00560. The molecule has 0 aromatic heterocycles. The average molecular weight is 290 g/mol. The van der Waals surface area contributed by atoms with E-state index in [1.807, 2.05) is 0 Å². The van der Waals surface area contributed by atoms with Gasteiger partial charge in [0.15, 0.2) is 0 Å². The average Bonchev–Trinajstić information content (AvgIpc) is 2.36. The van der Waals surface area contributed by atoms with Crippen LogP contribution in [-0.4, -0.2) is 22.2 Å². The number of Topliss-reactive ketones (excluding diaryl/α,β-unsaturated/α-hetero) is 1. The van der Waals surface area contributed by atoms with E-state index < -0.39 is 23.3 Å². The van der Waals surface area contributed by atoms with Gasteiger partial charge in [0.25, 0.3) is 5.78 Å². The molecule has 2 N–H and O–H groups in total. The van der Waals surface area contributed by atoms with Gasteiger partial charge in [-0.2, -0.15) is 13.2 Å². The van der Waals surface area contributed by atoms with Gasteiger partial charge in [0, 0.05) is 5.56 Å². The van der Waals surface area contributed by atoms with Gasteiger partial charge >= 0.3 is 6.18 Å². The monoisotopic (exact) mass is 290 g/mol. The first-order valence-corrected chi connectivity index (χ1v) is 6.42. The molecule has 20 heavy (non-hydrogen) atoms. The molecule has 0 atom stereocenters. The number of aromatic hydroxyl groups is 2. The summed E-state index contributed by atoms with van der Waals surface area (Å²) in [5.41, 5.74) is -0.533. The van der Waals surface area contributed by atoms with Crippen molar-refractivity contribution in [2.24, 2.45) is 0 Å². The largest absolute Gasteiger partial charge is 0.507 e. The minimum atomic E-state index is -5.05. The van der Waals surface area contributed by atoms with E-state index in [2.05, 4.69) is 0 Å². The van der Waals surface area contributed by atoms with Crippen LogP contribution in [0, 0.1) is 0 Å². The molecular weight excluding hydrogens is 273 g/mol. The van der Waals surface area contributed by atoms with E-state index in [4.69, 9.17) is 0 Å². The van der Waals surface area contributed by atoms with Crippen molar-refractivity contribution in [2.45, 2.75) is 45.7 Å². The van der Waals surface area contributed by atoms with Crippen molar-refractivity contribution in [1.29, 1.82) is 0 Å². The molecule has 0 unspecified atom stereocenters. The lowest BCUT2D eigenvalue weighted by molar-refractivity contribution is -0.0886. The number of ketones is 1. The number of phenolic OH excluding ortho intramolecular Hbond substituents is 2. The number of phenols is 2. The van der Waals surface area contributed by atoms with Gasteiger partial charge in [0.1, 0.15) is 11.5 Å². The number of carbonyl (C=O) groups is 1. The molecule has 0 saturated heterocycles. The van der Waals surface area contributed by atoms with Gasteiger partial charge in [-0.15, -0.1) is 0 Å². The fourth-order valence-electron chi connectivity index (χ4n) is 2.05. The number of hydrogen-bond acceptors (Lipinski definition) is 3. The summed E-state index contributed by atoms with van der Waals surface area (Å²) in [6, 6.07) is 0.934. The van der Waals surface area contributed by atoms with Crippen LogP contribution < -0.4 is 0 Å². The first-order valence-electron chi connectivity index (χ1n) is 6.42. The number of alkyl halides is 3. The molecule has 1 aromatic rings. The lowest BCUT2D eigenvalue weighted by atomic mass is 9.95. The molecule has 0 aliphatic carbocycles. The Labute approximate surface area is 115 Å². The van der Waals surface area contributed by atoms with E-state index in [1.54, 1.807) is 13.8 Å². The Bertz CT molecular complexity index is 507. The molecule has 0 aliphatic rings. The molecule has 6 heteroatoms. The number of carbonyl (C=O) groups excluding carboxylic acids is 1. The Kier molecular flexibility index (Phi) is 5.03. The fraction of sp³-hybridized carbons (Fsp3) is 0.500. The molecule has 0 saturated carbocycles. The Balaban J connectivity index is 3.48. The topological polar surface area (TPSA) is 57.5 Å². The molecule has 0 spiro atoms. The van der Waals surface area contributed by atoms with Crippen molar-refractivity contribution in [2.75, 3.05) is 0 Å². The van der Waals surface area contributed by atoms with Gasteiger partial charge < -0.3 is 10.2 Å².